The van der Waals surface area contributed by atoms with Gasteiger partial charge >= 0.3 is 0 Å². The van der Waals surface area contributed by atoms with E-state index in [-0.39, 0.29) is 18.3 Å². The Balaban J connectivity index is 3.17. The fourth-order valence-corrected chi connectivity index (χ4v) is 1.71. The smallest absolute Gasteiger partial charge is 0.160 e. The lowest BCUT2D eigenvalue weighted by Gasteiger charge is -2.07. The molecule has 0 aliphatic carbocycles. The molecule has 24 heavy (non-hydrogen) atoms. The van der Waals surface area contributed by atoms with Crippen molar-refractivity contribution < 1.29 is 23.7 Å². The third-order valence-electron chi connectivity index (χ3n) is 3.30. The van der Waals surface area contributed by atoms with Gasteiger partial charge in [-0.05, 0) is 18.8 Å². The fraction of sp³-hybridized carbons (Fsp3) is 0.842. The van der Waals surface area contributed by atoms with Crippen molar-refractivity contribution >= 4 is 5.78 Å². The Morgan fingerprint density at radius 3 is 1.92 bits per heavy atom. The average molecular weight is 344 g/mol. The number of carbonyl (C=O) groups is 1. The van der Waals surface area contributed by atoms with Gasteiger partial charge < -0.3 is 18.9 Å². The highest BCUT2D eigenvalue weighted by Crippen LogP contribution is 2.02. The molecule has 0 fully saturated rings. The van der Waals surface area contributed by atoms with E-state index in [9.17, 15) is 4.79 Å². The molecule has 142 valence electrons. The first-order chi connectivity index (χ1) is 11.5. The Bertz CT molecular complexity index is 313. The van der Waals surface area contributed by atoms with Crippen LogP contribution in [0.15, 0.2) is 12.2 Å². The van der Waals surface area contributed by atoms with Gasteiger partial charge in [-0.25, -0.2) is 0 Å². The molecule has 0 bridgehead atoms. The number of hydrogen-bond donors (Lipinski definition) is 0. The van der Waals surface area contributed by atoms with Crippen molar-refractivity contribution in [2.75, 3.05) is 52.9 Å². The van der Waals surface area contributed by atoms with Gasteiger partial charge in [0.15, 0.2) is 5.78 Å². The molecular weight excluding hydrogens is 308 g/mol. The molecule has 0 aliphatic heterocycles. The molecule has 0 heterocycles. The van der Waals surface area contributed by atoms with Crippen LogP contribution in [-0.4, -0.2) is 58.6 Å². The van der Waals surface area contributed by atoms with Crippen LogP contribution in [0.4, 0.5) is 0 Å². The molecule has 0 saturated heterocycles. The van der Waals surface area contributed by atoms with Crippen LogP contribution in [0, 0.1) is 11.8 Å². The molecular formula is C19H36O5. The summed E-state index contributed by atoms with van der Waals surface area (Å²) in [6.45, 7) is 12.4. The van der Waals surface area contributed by atoms with Crippen LogP contribution in [0.2, 0.25) is 0 Å². The van der Waals surface area contributed by atoms with E-state index in [2.05, 4.69) is 13.8 Å². The van der Waals surface area contributed by atoms with Gasteiger partial charge in [-0.2, -0.15) is 0 Å². The van der Waals surface area contributed by atoms with Crippen LogP contribution < -0.4 is 0 Å². The monoisotopic (exact) mass is 344 g/mol. The highest BCUT2D eigenvalue weighted by Gasteiger charge is 2.06. The minimum absolute atomic E-state index is 0.0258. The lowest BCUT2D eigenvalue weighted by Crippen LogP contribution is -2.17. The van der Waals surface area contributed by atoms with Crippen molar-refractivity contribution in [3.63, 3.8) is 0 Å². The molecule has 5 heteroatoms. The molecule has 0 spiro atoms. The van der Waals surface area contributed by atoms with E-state index in [0.717, 1.165) is 18.9 Å². The number of hydrogen-bond acceptors (Lipinski definition) is 5. The number of rotatable bonds is 17. The third kappa shape index (κ3) is 17.6. The molecule has 0 aliphatic rings. The lowest BCUT2D eigenvalue weighted by molar-refractivity contribution is -0.127. The maximum absolute atomic E-state index is 11.3. The normalized spacial score (nSPS) is 11.9. The van der Waals surface area contributed by atoms with Gasteiger partial charge in [0.1, 0.15) is 6.61 Å². The Hall–Kier alpha value is -0.750. The zero-order valence-electron chi connectivity index (χ0n) is 15.9. The van der Waals surface area contributed by atoms with Crippen LogP contribution in [-0.2, 0) is 23.7 Å². The van der Waals surface area contributed by atoms with Crippen LogP contribution >= 0.6 is 0 Å². The maximum Gasteiger partial charge on any atom is 0.160 e. The highest BCUT2D eigenvalue weighted by molar-refractivity contribution is 5.81. The van der Waals surface area contributed by atoms with Crippen molar-refractivity contribution in [1.82, 2.24) is 0 Å². The fourth-order valence-electron chi connectivity index (χ4n) is 1.71. The first-order valence-electron chi connectivity index (χ1n) is 9.02. The second-order valence-corrected chi connectivity index (χ2v) is 6.44. The summed E-state index contributed by atoms with van der Waals surface area (Å²) in [6.07, 6.45) is 6.28. The summed E-state index contributed by atoms with van der Waals surface area (Å²) in [6, 6.07) is 0. The summed E-state index contributed by atoms with van der Waals surface area (Å²) in [5, 5.41) is 0. The molecule has 0 rings (SSSR count). The van der Waals surface area contributed by atoms with Crippen molar-refractivity contribution in [3.8, 4) is 0 Å². The van der Waals surface area contributed by atoms with Gasteiger partial charge in [0.25, 0.3) is 0 Å². The van der Waals surface area contributed by atoms with Crippen molar-refractivity contribution in [2.24, 2.45) is 11.8 Å². The summed E-state index contributed by atoms with van der Waals surface area (Å²) in [5.74, 6) is 0.890. The SMILES string of the molecule is CC(C)CCCOCC=CCOCCOCCOCC(=O)C(C)C. The van der Waals surface area contributed by atoms with Gasteiger partial charge in [-0.3, -0.25) is 4.79 Å². The average Bonchev–Trinajstić information content (AvgIpc) is 2.53. The lowest BCUT2D eigenvalue weighted by atomic mass is 10.1. The Kier molecular flexibility index (Phi) is 16.6. The first kappa shape index (κ1) is 23.2. The standard InChI is InChI=1S/C19H36O5/c1-17(2)8-7-11-21-9-5-6-10-22-12-13-23-14-15-24-16-19(20)18(3)4/h5-6,17-18H,7-16H2,1-4H3. The largest absolute Gasteiger partial charge is 0.377 e. The Morgan fingerprint density at radius 2 is 1.33 bits per heavy atom. The third-order valence-corrected chi connectivity index (χ3v) is 3.30. The summed E-state index contributed by atoms with van der Waals surface area (Å²) >= 11 is 0. The molecule has 0 saturated carbocycles. The predicted octanol–water partition coefficient (Wildman–Crippen LogP) is 3.27. The van der Waals surface area contributed by atoms with Crippen molar-refractivity contribution in [1.29, 1.82) is 0 Å². The number of carbonyl (C=O) groups excluding carboxylic acids is 1. The Morgan fingerprint density at radius 1 is 0.792 bits per heavy atom. The van der Waals surface area contributed by atoms with E-state index >= 15 is 0 Å². The first-order valence-corrected chi connectivity index (χ1v) is 9.02. The summed E-state index contributed by atoms with van der Waals surface area (Å²) in [7, 11) is 0. The van der Waals surface area contributed by atoms with E-state index in [1.54, 1.807) is 0 Å². The molecule has 0 aromatic carbocycles. The van der Waals surface area contributed by atoms with Gasteiger partial charge in [0, 0.05) is 12.5 Å². The molecule has 0 N–H and O–H groups in total. The van der Waals surface area contributed by atoms with Gasteiger partial charge in [0.05, 0.1) is 39.6 Å². The predicted molar refractivity (Wildman–Crippen MR) is 96.3 cm³/mol. The van der Waals surface area contributed by atoms with Crippen LogP contribution in [0.3, 0.4) is 0 Å². The van der Waals surface area contributed by atoms with Crippen LogP contribution in [0.25, 0.3) is 0 Å². The van der Waals surface area contributed by atoms with E-state index in [1.807, 2.05) is 26.0 Å². The number of ether oxygens (including phenoxy) is 4. The summed E-state index contributed by atoms with van der Waals surface area (Å²) < 4.78 is 21.5. The second kappa shape index (κ2) is 17.1. The van der Waals surface area contributed by atoms with Crippen molar-refractivity contribution in [2.45, 2.75) is 40.5 Å². The summed E-state index contributed by atoms with van der Waals surface area (Å²) in [4.78, 5) is 11.3. The summed E-state index contributed by atoms with van der Waals surface area (Å²) in [5.41, 5.74) is 0. The minimum atomic E-state index is 0.0258. The van der Waals surface area contributed by atoms with Crippen LogP contribution in [0.1, 0.15) is 40.5 Å². The molecule has 0 aromatic rings. The van der Waals surface area contributed by atoms with E-state index in [4.69, 9.17) is 18.9 Å². The zero-order valence-corrected chi connectivity index (χ0v) is 15.9. The van der Waals surface area contributed by atoms with E-state index in [0.29, 0.717) is 39.6 Å². The molecule has 0 radical (unpaired) electrons. The van der Waals surface area contributed by atoms with E-state index < -0.39 is 0 Å². The topological polar surface area (TPSA) is 54.0 Å². The van der Waals surface area contributed by atoms with Gasteiger partial charge in [-0.15, -0.1) is 0 Å². The maximum atomic E-state index is 11.3. The molecule has 0 aromatic heterocycles. The molecule has 0 atom stereocenters. The second-order valence-electron chi connectivity index (χ2n) is 6.44. The van der Waals surface area contributed by atoms with Crippen LogP contribution in [0.5, 0.6) is 0 Å². The number of Topliss-reactive ketones (excluding diaryl/α,β-unsaturated/α-hetero) is 1. The molecule has 5 nitrogen and oxygen atoms in total. The Labute approximate surface area is 147 Å². The minimum Gasteiger partial charge on any atom is -0.377 e. The van der Waals surface area contributed by atoms with E-state index in [1.165, 1.54) is 6.42 Å². The molecule has 0 amide bonds. The number of ketones is 1. The van der Waals surface area contributed by atoms with Gasteiger partial charge in [0.2, 0.25) is 0 Å². The zero-order chi connectivity index (χ0) is 18.0. The van der Waals surface area contributed by atoms with Gasteiger partial charge in [-0.1, -0.05) is 39.8 Å². The van der Waals surface area contributed by atoms with Crippen molar-refractivity contribution in [3.05, 3.63) is 12.2 Å². The quantitative estimate of drug-likeness (QED) is 0.299. The highest BCUT2D eigenvalue weighted by atomic mass is 16.5. The molecule has 0 unspecified atom stereocenters.